The van der Waals surface area contributed by atoms with Crippen LogP contribution in [0, 0.1) is 11.8 Å². The molecular formula is C6H15NS. The smallest absolute Gasteiger partial charge is 0.00386 e. The van der Waals surface area contributed by atoms with Crippen LogP contribution in [0.4, 0.5) is 0 Å². The van der Waals surface area contributed by atoms with Crippen LogP contribution in [0.5, 0.6) is 0 Å². The van der Waals surface area contributed by atoms with Crippen LogP contribution in [-0.2, 0) is 0 Å². The normalized spacial score (nSPS) is 14.6. The van der Waals surface area contributed by atoms with E-state index in [4.69, 9.17) is 5.73 Å². The lowest BCUT2D eigenvalue weighted by molar-refractivity contribution is 0.437. The van der Waals surface area contributed by atoms with Gasteiger partial charge in [0.1, 0.15) is 0 Å². The molecule has 1 unspecified atom stereocenters. The van der Waals surface area contributed by atoms with E-state index in [0.717, 1.165) is 12.3 Å². The molecule has 0 aliphatic carbocycles. The minimum Gasteiger partial charge on any atom is -0.330 e. The van der Waals surface area contributed by atoms with Gasteiger partial charge in [0.25, 0.3) is 0 Å². The van der Waals surface area contributed by atoms with Gasteiger partial charge in [0.2, 0.25) is 0 Å². The highest BCUT2D eigenvalue weighted by Gasteiger charge is 2.07. The maximum absolute atomic E-state index is 5.44. The van der Waals surface area contributed by atoms with E-state index in [0.29, 0.717) is 11.8 Å². The predicted molar refractivity (Wildman–Crippen MR) is 41.2 cm³/mol. The fourth-order valence-corrected chi connectivity index (χ4v) is 1.13. The lowest BCUT2D eigenvalue weighted by atomic mass is 9.98. The maximum Gasteiger partial charge on any atom is -0.00386 e. The van der Waals surface area contributed by atoms with Gasteiger partial charge in [0, 0.05) is 0 Å². The SMILES string of the molecule is CC(C)C(CN)CS. The first-order valence-electron chi connectivity index (χ1n) is 3.03. The summed E-state index contributed by atoms with van der Waals surface area (Å²) in [5, 5.41) is 0. The minimum absolute atomic E-state index is 0.596. The van der Waals surface area contributed by atoms with Crippen molar-refractivity contribution in [3.8, 4) is 0 Å². The standard InChI is InChI=1S/C6H15NS/c1-5(2)6(3-7)4-8/h5-6,8H,3-4,7H2,1-2H3. The molecule has 0 aromatic heterocycles. The Balaban J connectivity index is 3.35. The quantitative estimate of drug-likeness (QED) is 0.555. The molecule has 50 valence electrons. The van der Waals surface area contributed by atoms with Crippen molar-refractivity contribution in [2.45, 2.75) is 13.8 Å². The Morgan fingerprint density at radius 3 is 2.00 bits per heavy atom. The molecule has 2 heteroatoms. The maximum atomic E-state index is 5.44. The number of nitrogens with two attached hydrogens (primary N) is 1. The zero-order valence-corrected chi connectivity index (χ0v) is 6.49. The Hall–Kier alpha value is 0.310. The van der Waals surface area contributed by atoms with Crippen molar-refractivity contribution >= 4 is 12.6 Å². The second-order valence-corrected chi connectivity index (χ2v) is 2.79. The molecule has 1 atom stereocenters. The molecule has 0 rings (SSSR count). The van der Waals surface area contributed by atoms with Gasteiger partial charge in [0.05, 0.1) is 0 Å². The first-order chi connectivity index (χ1) is 3.72. The van der Waals surface area contributed by atoms with Gasteiger partial charge < -0.3 is 5.73 Å². The first kappa shape index (κ1) is 8.31. The van der Waals surface area contributed by atoms with Gasteiger partial charge in [-0.25, -0.2) is 0 Å². The molecule has 0 aliphatic heterocycles. The van der Waals surface area contributed by atoms with Crippen LogP contribution >= 0.6 is 12.6 Å². The highest BCUT2D eigenvalue weighted by atomic mass is 32.1. The monoisotopic (exact) mass is 133 g/mol. The van der Waals surface area contributed by atoms with Crippen molar-refractivity contribution in [2.24, 2.45) is 17.6 Å². The molecule has 8 heavy (non-hydrogen) atoms. The fourth-order valence-electron chi connectivity index (χ4n) is 0.558. The van der Waals surface area contributed by atoms with E-state index >= 15 is 0 Å². The molecule has 0 fully saturated rings. The molecule has 0 aliphatic rings. The van der Waals surface area contributed by atoms with Crippen LogP contribution in [0.3, 0.4) is 0 Å². The number of hydrogen-bond donors (Lipinski definition) is 2. The van der Waals surface area contributed by atoms with Crippen molar-refractivity contribution < 1.29 is 0 Å². The summed E-state index contributed by atoms with van der Waals surface area (Å²) in [5.41, 5.74) is 5.44. The molecule has 0 bridgehead atoms. The molecule has 0 aromatic rings. The van der Waals surface area contributed by atoms with Crippen molar-refractivity contribution in [3.63, 3.8) is 0 Å². The Bertz CT molecular complexity index is 50.5. The summed E-state index contributed by atoms with van der Waals surface area (Å²) in [6.07, 6.45) is 0. The molecule has 0 spiro atoms. The van der Waals surface area contributed by atoms with E-state index in [1.54, 1.807) is 0 Å². The Labute approximate surface area is 57.1 Å². The van der Waals surface area contributed by atoms with Gasteiger partial charge >= 0.3 is 0 Å². The van der Waals surface area contributed by atoms with Crippen molar-refractivity contribution in [1.82, 2.24) is 0 Å². The van der Waals surface area contributed by atoms with Gasteiger partial charge in [-0.2, -0.15) is 12.6 Å². The fraction of sp³-hybridized carbons (Fsp3) is 1.00. The molecule has 0 amide bonds. The molecule has 0 saturated heterocycles. The van der Waals surface area contributed by atoms with Crippen LogP contribution in [0.2, 0.25) is 0 Å². The zero-order chi connectivity index (χ0) is 6.57. The molecule has 0 aromatic carbocycles. The van der Waals surface area contributed by atoms with Crippen molar-refractivity contribution in [1.29, 1.82) is 0 Å². The van der Waals surface area contributed by atoms with Gasteiger partial charge in [0.15, 0.2) is 0 Å². The lowest BCUT2D eigenvalue weighted by Crippen LogP contribution is -2.20. The van der Waals surface area contributed by atoms with Gasteiger partial charge in [-0.1, -0.05) is 13.8 Å². The van der Waals surface area contributed by atoms with E-state index in [2.05, 4.69) is 26.5 Å². The third-order valence-electron chi connectivity index (χ3n) is 1.48. The molecule has 1 nitrogen and oxygen atoms in total. The summed E-state index contributed by atoms with van der Waals surface area (Å²) in [7, 11) is 0. The van der Waals surface area contributed by atoms with E-state index in [1.807, 2.05) is 0 Å². The van der Waals surface area contributed by atoms with Crippen LogP contribution in [-0.4, -0.2) is 12.3 Å². The third-order valence-corrected chi connectivity index (χ3v) is 1.95. The summed E-state index contributed by atoms with van der Waals surface area (Å²) < 4.78 is 0. The van der Waals surface area contributed by atoms with Crippen LogP contribution in [0.15, 0.2) is 0 Å². The summed E-state index contributed by atoms with van der Waals surface area (Å²) in [4.78, 5) is 0. The summed E-state index contributed by atoms with van der Waals surface area (Å²) in [5.74, 6) is 2.18. The average Bonchev–Trinajstić information content (AvgIpc) is 1.69. The second-order valence-electron chi connectivity index (χ2n) is 2.42. The largest absolute Gasteiger partial charge is 0.330 e. The number of thiol groups is 1. The Morgan fingerprint density at radius 1 is 1.50 bits per heavy atom. The molecular weight excluding hydrogens is 118 g/mol. The Kier molecular flexibility index (Phi) is 4.38. The third kappa shape index (κ3) is 2.58. The predicted octanol–water partition coefficient (Wildman–Crippen LogP) is 1.15. The van der Waals surface area contributed by atoms with E-state index in [1.165, 1.54) is 0 Å². The van der Waals surface area contributed by atoms with Crippen molar-refractivity contribution in [2.75, 3.05) is 12.3 Å². The average molecular weight is 133 g/mol. The first-order valence-corrected chi connectivity index (χ1v) is 3.66. The molecule has 0 radical (unpaired) electrons. The highest BCUT2D eigenvalue weighted by Crippen LogP contribution is 2.09. The summed E-state index contributed by atoms with van der Waals surface area (Å²) in [6, 6.07) is 0. The topological polar surface area (TPSA) is 26.0 Å². The second kappa shape index (κ2) is 4.21. The lowest BCUT2D eigenvalue weighted by Gasteiger charge is -2.14. The molecule has 0 saturated carbocycles. The van der Waals surface area contributed by atoms with Gasteiger partial charge in [-0.05, 0) is 24.1 Å². The van der Waals surface area contributed by atoms with Crippen molar-refractivity contribution in [3.05, 3.63) is 0 Å². The van der Waals surface area contributed by atoms with Crippen LogP contribution in [0.1, 0.15) is 13.8 Å². The number of rotatable bonds is 3. The number of hydrogen-bond acceptors (Lipinski definition) is 2. The summed E-state index contributed by atoms with van der Waals surface area (Å²) >= 11 is 4.16. The van der Waals surface area contributed by atoms with Gasteiger partial charge in [-0.15, -0.1) is 0 Å². The van der Waals surface area contributed by atoms with Gasteiger partial charge in [-0.3, -0.25) is 0 Å². The van der Waals surface area contributed by atoms with E-state index in [-0.39, 0.29) is 0 Å². The highest BCUT2D eigenvalue weighted by molar-refractivity contribution is 7.80. The molecule has 2 N–H and O–H groups in total. The van der Waals surface area contributed by atoms with E-state index < -0.39 is 0 Å². The molecule has 0 heterocycles. The minimum atomic E-state index is 0.596. The Morgan fingerprint density at radius 2 is 2.00 bits per heavy atom. The van der Waals surface area contributed by atoms with E-state index in [9.17, 15) is 0 Å². The zero-order valence-electron chi connectivity index (χ0n) is 5.59. The summed E-state index contributed by atoms with van der Waals surface area (Å²) in [6.45, 7) is 5.11. The van der Waals surface area contributed by atoms with Crippen LogP contribution < -0.4 is 5.73 Å². The van der Waals surface area contributed by atoms with Crippen LogP contribution in [0.25, 0.3) is 0 Å².